The smallest absolute Gasteiger partial charge is 0.345 e. The lowest BCUT2D eigenvalue weighted by Crippen LogP contribution is -2.39. The van der Waals surface area contributed by atoms with Gasteiger partial charge in [-0.3, -0.25) is 0 Å². The SMILES string of the molecule is CC(C)(C)C(Oc1cc(Cl)cc(Oc2cc(Cl)cc(C#N)c2)c1)C(=O)O. The number of carboxylic acids is 1. The Hall–Kier alpha value is -2.42. The van der Waals surface area contributed by atoms with Gasteiger partial charge < -0.3 is 14.6 Å². The van der Waals surface area contributed by atoms with E-state index in [0.717, 1.165) is 0 Å². The van der Waals surface area contributed by atoms with Crippen molar-refractivity contribution in [3.05, 3.63) is 52.0 Å². The highest BCUT2D eigenvalue weighted by atomic mass is 35.5. The summed E-state index contributed by atoms with van der Waals surface area (Å²) in [6.07, 6.45) is -1.06. The number of aliphatic carboxylic acids is 1. The van der Waals surface area contributed by atoms with Gasteiger partial charge in [-0.2, -0.15) is 5.26 Å². The number of rotatable bonds is 5. The van der Waals surface area contributed by atoms with E-state index in [9.17, 15) is 9.90 Å². The molecule has 136 valence electrons. The van der Waals surface area contributed by atoms with Crippen molar-refractivity contribution >= 4 is 29.2 Å². The van der Waals surface area contributed by atoms with E-state index >= 15 is 0 Å². The number of benzene rings is 2. The molecule has 7 heteroatoms. The molecule has 1 unspecified atom stereocenters. The molecular weight excluding hydrogens is 377 g/mol. The van der Waals surface area contributed by atoms with Crippen molar-refractivity contribution < 1.29 is 19.4 Å². The van der Waals surface area contributed by atoms with Crippen molar-refractivity contribution in [2.75, 3.05) is 0 Å². The van der Waals surface area contributed by atoms with Gasteiger partial charge in [0.05, 0.1) is 11.6 Å². The van der Waals surface area contributed by atoms with Crippen LogP contribution in [-0.4, -0.2) is 17.2 Å². The van der Waals surface area contributed by atoms with Crippen molar-refractivity contribution in [3.63, 3.8) is 0 Å². The van der Waals surface area contributed by atoms with Crippen LogP contribution in [0, 0.1) is 16.7 Å². The maximum atomic E-state index is 11.5. The van der Waals surface area contributed by atoms with Gasteiger partial charge in [-0.1, -0.05) is 44.0 Å². The summed E-state index contributed by atoms with van der Waals surface area (Å²) >= 11 is 12.1. The molecule has 0 fully saturated rings. The van der Waals surface area contributed by atoms with Gasteiger partial charge in [0.15, 0.2) is 6.10 Å². The Morgan fingerprint density at radius 1 is 1.04 bits per heavy atom. The molecule has 0 amide bonds. The van der Waals surface area contributed by atoms with Crippen molar-refractivity contribution in [1.29, 1.82) is 5.26 Å². The van der Waals surface area contributed by atoms with Crippen LogP contribution in [0.4, 0.5) is 0 Å². The van der Waals surface area contributed by atoms with E-state index in [4.69, 9.17) is 37.9 Å². The van der Waals surface area contributed by atoms with Crippen LogP contribution in [0.25, 0.3) is 0 Å². The first-order chi connectivity index (χ1) is 12.1. The average molecular weight is 394 g/mol. The van der Waals surface area contributed by atoms with E-state index in [-0.39, 0.29) is 5.75 Å². The van der Waals surface area contributed by atoms with Crippen LogP contribution in [0.2, 0.25) is 10.0 Å². The summed E-state index contributed by atoms with van der Waals surface area (Å²) in [6, 6.07) is 11.2. The first-order valence-corrected chi connectivity index (χ1v) is 8.42. The van der Waals surface area contributed by atoms with Gasteiger partial charge in [-0.05, 0) is 30.3 Å². The van der Waals surface area contributed by atoms with Crippen LogP contribution in [0.3, 0.4) is 0 Å². The van der Waals surface area contributed by atoms with Gasteiger partial charge in [0.2, 0.25) is 0 Å². The molecule has 2 aromatic carbocycles. The fourth-order valence-electron chi connectivity index (χ4n) is 2.22. The summed E-state index contributed by atoms with van der Waals surface area (Å²) in [4.78, 5) is 11.5. The lowest BCUT2D eigenvalue weighted by Gasteiger charge is -2.27. The Bertz CT molecular complexity index is 869. The fraction of sp³-hybridized carbons (Fsp3) is 0.263. The van der Waals surface area contributed by atoms with Crippen LogP contribution >= 0.6 is 23.2 Å². The molecule has 0 bridgehead atoms. The van der Waals surface area contributed by atoms with Gasteiger partial charge in [0, 0.05) is 21.5 Å². The Labute approximate surface area is 161 Å². The molecule has 0 saturated heterocycles. The highest BCUT2D eigenvalue weighted by Crippen LogP contribution is 2.33. The molecule has 5 nitrogen and oxygen atoms in total. The maximum Gasteiger partial charge on any atom is 0.345 e. The molecule has 0 aliphatic heterocycles. The second-order valence-electron chi connectivity index (χ2n) is 6.71. The van der Waals surface area contributed by atoms with E-state index in [1.165, 1.54) is 24.3 Å². The molecule has 0 radical (unpaired) electrons. The molecule has 0 aliphatic rings. The van der Waals surface area contributed by atoms with Gasteiger partial charge in [0.25, 0.3) is 0 Å². The number of halogens is 2. The van der Waals surface area contributed by atoms with Crippen molar-refractivity contribution in [2.45, 2.75) is 26.9 Å². The van der Waals surface area contributed by atoms with E-state index < -0.39 is 17.5 Å². The number of ether oxygens (including phenoxy) is 2. The number of carboxylic acid groups (broad SMARTS) is 1. The Kier molecular flexibility index (Phi) is 6.01. The van der Waals surface area contributed by atoms with Crippen LogP contribution in [0.15, 0.2) is 36.4 Å². The summed E-state index contributed by atoms with van der Waals surface area (Å²) in [5, 5.41) is 19.1. The second kappa shape index (κ2) is 7.86. The predicted molar refractivity (Wildman–Crippen MR) is 99.2 cm³/mol. The molecule has 0 heterocycles. The van der Waals surface area contributed by atoms with Crippen molar-refractivity contribution in [1.82, 2.24) is 0 Å². The summed E-state index contributed by atoms with van der Waals surface area (Å²) in [6.45, 7) is 5.30. The second-order valence-corrected chi connectivity index (χ2v) is 7.59. The minimum absolute atomic E-state index is 0.261. The molecule has 26 heavy (non-hydrogen) atoms. The van der Waals surface area contributed by atoms with E-state index in [1.54, 1.807) is 32.9 Å². The largest absolute Gasteiger partial charge is 0.478 e. The normalized spacial score (nSPS) is 12.2. The van der Waals surface area contributed by atoms with Gasteiger partial charge in [0.1, 0.15) is 17.2 Å². The van der Waals surface area contributed by atoms with Crippen molar-refractivity contribution in [2.24, 2.45) is 5.41 Å². The third-order valence-electron chi connectivity index (χ3n) is 3.35. The van der Waals surface area contributed by atoms with Crippen LogP contribution in [0.1, 0.15) is 26.3 Å². The summed E-state index contributed by atoms with van der Waals surface area (Å²) in [5.74, 6) is -0.129. The van der Waals surface area contributed by atoms with Crippen molar-refractivity contribution in [3.8, 4) is 23.3 Å². The van der Waals surface area contributed by atoms with E-state index in [1.807, 2.05) is 6.07 Å². The highest BCUT2D eigenvalue weighted by Gasteiger charge is 2.33. The average Bonchev–Trinajstić information content (AvgIpc) is 2.50. The molecule has 2 aromatic rings. The Morgan fingerprint density at radius 3 is 2.12 bits per heavy atom. The zero-order chi connectivity index (χ0) is 19.5. The lowest BCUT2D eigenvalue weighted by atomic mass is 9.89. The minimum atomic E-state index is -1.08. The summed E-state index contributed by atoms with van der Waals surface area (Å²) in [5.41, 5.74) is -0.270. The predicted octanol–water partition coefficient (Wildman–Crippen LogP) is 5.54. The highest BCUT2D eigenvalue weighted by molar-refractivity contribution is 6.31. The zero-order valence-corrected chi connectivity index (χ0v) is 15.9. The topological polar surface area (TPSA) is 79.5 Å². The third-order valence-corrected chi connectivity index (χ3v) is 3.78. The molecule has 0 spiro atoms. The monoisotopic (exact) mass is 393 g/mol. The number of hydrogen-bond donors (Lipinski definition) is 1. The van der Waals surface area contributed by atoms with E-state index in [0.29, 0.717) is 27.1 Å². The van der Waals surface area contributed by atoms with Gasteiger partial charge >= 0.3 is 5.97 Å². The fourth-order valence-corrected chi connectivity index (χ4v) is 2.66. The number of nitriles is 1. The minimum Gasteiger partial charge on any atom is -0.478 e. The quantitative estimate of drug-likeness (QED) is 0.721. The van der Waals surface area contributed by atoms with Crippen LogP contribution in [-0.2, 0) is 4.79 Å². The molecule has 2 rings (SSSR count). The zero-order valence-electron chi connectivity index (χ0n) is 14.4. The molecule has 0 saturated carbocycles. The summed E-state index contributed by atoms with van der Waals surface area (Å²) < 4.78 is 11.3. The van der Waals surface area contributed by atoms with Crippen LogP contribution < -0.4 is 9.47 Å². The molecule has 1 N–H and O–H groups in total. The molecule has 0 aliphatic carbocycles. The standard InChI is InChI=1S/C19H17Cl2NO4/c1-19(2,3)17(18(23)24)26-16-8-13(21)7-15(9-16)25-14-5-11(10-22)4-12(20)6-14/h4-9,17H,1-3H3,(H,23,24). The first-order valence-electron chi connectivity index (χ1n) is 7.67. The molecule has 1 atom stereocenters. The third kappa shape index (κ3) is 5.29. The molecular formula is C19H17Cl2NO4. The Balaban J connectivity index is 2.31. The molecule has 0 aromatic heterocycles. The van der Waals surface area contributed by atoms with E-state index in [2.05, 4.69) is 0 Å². The maximum absolute atomic E-state index is 11.5. The van der Waals surface area contributed by atoms with Crippen LogP contribution in [0.5, 0.6) is 17.2 Å². The number of carbonyl (C=O) groups is 1. The summed E-state index contributed by atoms with van der Waals surface area (Å²) in [7, 11) is 0. The lowest BCUT2D eigenvalue weighted by molar-refractivity contribution is -0.150. The Morgan fingerprint density at radius 2 is 1.58 bits per heavy atom. The van der Waals surface area contributed by atoms with Gasteiger partial charge in [-0.25, -0.2) is 4.79 Å². The first kappa shape index (κ1) is 19.9. The van der Waals surface area contributed by atoms with Gasteiger partial charge in [-0.15, -0.1) is 0 Å². The number of hydrogen-bond acceptors (Lipinski definition) is 4. The number of nitrogens with zero attached hydrogens (tertiary/aromatic N) is 1.